The Morgan fingerprint density at radius 2 is 1.91 bits per heavy atom. The van der Waals surface area contributed by atoms with Crippen molar-refractivity contribution in [2.45, 2.75) is 51.7 Å². The zero-order valence-electron chi connectivity index (χ0n) is 13.5. The van der Waals surface area contributed by atoms with Crippen molar-refractivity contribution in [2.24, 2.45) is 40.2 Å². The number of fused-ring (bicyclic) bond motifs is 5. The zero-order chi connectivity index (χ0) is 15.8. The summed E-state index contributed by atoms with van der Waals surface area (Å²) in [4.78, 5) is 11.8. The van der Waals surface area contributed by atoms with Gasteiger partial charge in [0, 0.05) is 11.8 Å². The first kappa shape index (κ1) is 14.6. The standard InChI is InChI=1S/C19H26FNO/c1-17-8-5-13(22)11-12(17)3-4-14-15(17)6-9-18(2)16(14)7-10-19(18,20)21/h3-5,8,12,14-16H,6-7,9-11,21H2,1-2H3/t12?,14-,15-,16+,17+,18+,19?/m1/s1. The maximum absolute atomic E-state index is 14.9. The average molecular weight is 303 g/mol. The fraction of sp³-hybridized carbons (Fsp3) is 0.737. The Kier molecular flexibility index (Phi) is 2.87. The van der Waals surface area contributed by atoms with E-state index in [0.717, 1.165) is 19.3 Å². The monoisotopic (exact) mass is 303 g/mol. The lowest BCUT2D eigenvalue weighted by molar-refractivity contribution is -0.118. The van der Waals surface area contributed by atoms with Gasteiger partial charge in [-0.2, -0.15) is 0 Å². The molecule has 3 heteroatoms. The van der Waals surface area contributed by atoms with Crippen LogP contribution < -0.4 is 5.73 Å². The summed E-state index contributed by atoms with van der Waals surface area (Å²) in [5.74, 6) is 0.271. The Morgan fingerprint density at radius 3 is 2.68 bits per heavy atom. The summed E-state index contributed by atoms with van der Waals surface area (Å²) in [5.41, 5.74) is 5.68. The van der Waals surface area contributed by atoms with Crippen LogP contribution in [0.5, 0.6) is 0 Å². The highest BCUT2D eigenvalue weighted by molar-refractivity contribution is 5.91. The van der Waals surface area contributed by atoms with Crippen LogP contribution in [0.25, 0.3) is 0 Å². The smallest absolute Gasteiger partial charge is 0.164 e. The largest absolute Gasteiger partial charge is 0.299 e. The van der Waals surface area contributed by atoms with E-state index in [0.29, 0.717) is 36.5 Å². The quantitative estimate of drug-likeness (QED) is 0.547. The maximum atomic E-state index is 14.9. The third-order valence-corrected chi connectivity index (χ3v) is 7.70. The van der Waals surface area contributed by atoms with E-state index >= 15 is 0 Å². The van der Waals surface area contributed by atoms with Gasteiger partial charge in [0.15, 0.2) is 11.6 Å². The number of allylic oxidation sites excluding steroid dienone is 4. The second-order valence-corrected chi connectivity index (χ2v) is 8.51. The predicted molar refractivity (Wildman–Crippen MR) is 84.6 cm³/mol. The molecule has 0 bridgehead atoms. The Bertz CT molecular complexity index is 580. The van der Waals surface area contributed by atoms with E-state index in [1.54, 1.807) is 6.08 Å². The molecule has 2 N–H and O–H groups in total. The molecule has 2 nitrogen and oxygen atoms in total. The van der Waals surface area contributed by atoms with Gasteiger partial charge in [-0.15, -0.1) is 0 Å². The van der Waals surface area contributed by atoms with Crippen LogP contribution in [-0.4, -0.2) is 11.6 Å². The van der Waals surface area contributed by atoms with E-state index < -0.39 is 11.2 Å². The number of nitrogens with two attached hydrogens (primary N) is 1. The number of rotatable bonds is 0. The maximum Gasteiger partial charge on any atom is 0.164 e. The molecule has 0 saturated heterocycles. The third-order valence-electron chi connectivity index (χ3n) is 7.70. The number of hydrogen-bond donors (Lipinski definition) is 1. The minimum atomic E-state index is -1.52. The van der Waals surface area contributed by atoms with Gasteiger partial charge in [-0.25, -0.2) is 4.39 Å². The lowest BCUT2D eigenvalue weighted by Crippen LogP contribution is -2.56. The van der Waals surface area contributed by atoms with Gasteiger partial charge < -0.3 is 0 Å². The molecule has 0 heterocycles. The van der Waals surface area contributed by atoms with Crippen LogP contribution in [0.3, 0.4) is 0 Å². The van der Waals surface area contributed by atoms with E-state index in [9.17, 15) is 9.18 Å². The van der Waals surface area contributed by atoms with E-state index in [1.807, 2.05) is 0 Å². The van der Waals surface area contributed by atoms with Gasteiger partial charge in [0.1, 0.15) is 0 Å². The van der Waals surface area contributed by atoms with Gasteiger partial charge in [0.2, 0.25) is 0 Å². The van der Waals surface area contributed by atoms with Gasteiger partial charge in [0.25, 0.3) is 0 Å². The zero-order valence-corrected chi connectivity index (χ0v) is 13.5. The number of carbonyl (C=O) groups is 1. The molecule has 0 aliphatic heterocycles. The Labute approximate surface area is 132 Å². The molecule has 2 saturated carbocycles. The molecular weight excluding hydrogens is 277 g/mol. The van der Waals surface area contributed by atoms with Gasteiger partial charge in [0.05, 0.1) is 0 Å². The summed E-state index contributed by atoms with van der Waals surface area (Å²) in [5, 5.41) is 0. The molecule has 4 aliphatic rings. The third kappa shape index (κ3) is 1.66. The van der Waals surface area contributed by atoms with Crippen molar-refractivity contribution in [3.8, 4) is 0 Å². The number of ketones is 1. The molecule has 22 heavy (non-hydrogen) atoms. The summed E-state index contributed by atoms with van der Waals surface area (Å²) < 4.78 is 14.9. The second kappa shape index (κ2) is 4.31. The van der Waals surface area contributed by atoms with Crippen LogP contribution in [0, 0.1) is 34.5 Å². The van der Waals surface area contributed by atoms with Crippen molar-refractivity contribution >= 4 is 5.78 Å². The number of alkyl halides is 1. The van der Waals surface area contributed by atoms with E-state index in [2.05, 4.69) is 32.1 Å². The number of halogens is 1. The first-order chi connectivity index (χ1) is 10.3. The number of carbonyl (C=O) groups excluding carboxylic acids is 1. The highest BCUT2D eigenvalue weighted by Crippen LogP contribution is 2.65. The van der Waals surface area contributed by atoms with Crippen LogP contribution in [0.15, 0.2) is 24.3 Å². The molecule has 0 aromatic carbocycles. The van der Waals surface area contributed by atoms with E-state index in [4.69, 9.17) is 5.73 Å². The van der Waals surface area contributed by atoms with Gasteiger partial charge in [-0.3, -0.25) is 10.5 Å². The van der Waals surface area contributed by atoms with E-state index in [1.165, 1.54) is 0 Å². The van der Waals surface area contributed by atoms with Crippen molar-refractivity contribution in [1.82, 2.24) is 0 Å². The molecule has 2 unspecified atom stereocenters. The lowest BCUT2D eigenvalue weighted by Gasteiger charge is -2.56. The molecule has 120 valence electrons. The molecule has 7 atom stereocenters. The van der Waals surface area contributed by atoms with Crippen LogP contribution in [0.4, 0.5) is 4.39 Å². The summed E-state index contributed by atoms with van der Waals surface area (Å²) in [6.07, 6.45) is 12.3. The average Bonchev–Trinajstić information content (AvgIpc) is 2.70. The van der Waals surface area contributed by atoms with E-state index in [-0.39, 0.29) is 11.2 Å². The number of hydrogen-bond acceptors (Lipinski definition) is 2. The van der Waals surface area contributed by atoms with Gasteiger partial charge in [-0.05, 0) is 60.8 Å². The molecule has 0 spiro atoms. The van der Waals surface area contributed by atoms with Gasteiger partial charge in [-0.1, -0.05) is 32.1 Å². The SMILES string of the molecule is C[C@]12C=CC(=O)CC1C=C[C@@H]1[C@H]2CC[C@@]2(C)[C@H]1CCC2(N)F. The second-order valence-electron chi connectivity index (χ2n) is 8.51. The Hall–Kier alpha value is -0.960. The molecule has 0 amide bonds. The topological polar surface area (TPSA) is 43.1 Å². The first-order valence-corrected chi connectivity index (χ1v) is 8.66. The van der Waals surface area contributed by atoms with Crippen molar-refractivity contribution in [2.75, 3.05) is 0 Å². The molecule has 4 rings (SSSR count). The molecule has 2 fully saturated rings. The highest BCUT2D eigenvalue weighted by Gasteiger charge is 2.63. The summed E-state index contributed by atoms with van der Waals surface area (Å²) in [6.45, 7) is 4.36. The molecule has 0 aromatic heterocycles. The van der Waals surface area contributed by atoms with Gasteiger partial charge >= 0.3 is 0 Å². The molecule has 4 aliphatic carbocycles. The predicted octanol–water partition coefficient (Wildman–Crippen LogP) is 3.77. The Morgan fingerprint density at radius 1 is 1.18 bits per heavy atom. The highest BCUT2D eigenvalue weighted by atomic mass is 19.1. The van der Waals surface area contributed by atoms with Crippen molar-refractivity contribution in [3.05, 3.63) is 24.3 Å². The summed E-state index contributed by atoms with van der Waals surface area (Å²) in [6, 6.07) is 0. The van der Waals surface area contributed by atoms with Crippen LogP contribution in [-0.2, 0) is 4.79 Å². The summed E-state index contributed by atoms with van der Waals surface area (Å²) in [7, 11) is 0. The molecular formula is C19H26FNO. The molecule has 0 radical (unpaired) electrons. The van der Waals surface area contributed by atoms with Crippen molar-refractivity contribution < 1.29 is 9.18 Å². The van der Waals surface area contributed by atoms with Crippen molar-refractivity contribution in [3.63, 3.8) is 0 Å². The first-order valence-electron chi connectivity index (χ1n) is 8.66. The minimum Gasteiger partial charge on any atom is -0.299 e. The van der Waals surface area contributed by atoms with Crippen LogP contribution in [0.2, 0.25) is 0 Å². The normalized spacial score (nSPS) is 56.5. The minimum absolute atomic E-state index is 0.0464. The summed E-state index contributed by atoms with van der Waals surface area (Å²) >= 11 is 0. The van der Waals surface area contributed by atoms with Crippen LogP contribution in [0.1, 0.15) is 46.0 Å². The Balaban J connectivity index is 1.73. The fourth-order valence-electron chi connectivity index (χ4n) is 6.05. The van der Waals surface area contributed by atoms with Crippen molar-refractivity contribution in [1.29, 1.82) is 0 Å². The van der Waals surface area contributed by atoms with Crippen LogP contribution >= 0.6 is 0 Å². The fourth-order valence-corrected chi connectivity index (χ4v) is 6.05. The molecule has 0 aromatic rings. The lowest BCUT2D eigenvalue weighted by atomic mass is 9.48.